The van der Waals surface area contributed by atoms with Crippen LogP contribution in [0.3, 0.4) is 0 Å². The predicted octanol–water partition coefficient (Wildman–Crippen LogP) is 4.79. The number of carbonyl (C=O) groups excluding carboxylic acids is 2. The second-order valence-electron chi connectivity index (χ2n) is 8.78. The topological polar surface area (TPSA) is 86.8 Å². The minimum Gasteiger partial charge on any atom is -0.354 e. The number of halogens is 1. The van der Waals surface area contributed by atoms with Crippen molar-refractivity contribution in [3.8, 4) is 0 Å². The standard InChI is InChI=1S/C28H32ClN3O4S/c1-4-18-30-28(34)22(3)31(19-23-12-14-24(29)15-13-23)27(33)20-32(25-16-10-21(2)11-17-25)37(35,36)26-8-6-5-7-9-26/h5-17,22H,4,18-20H2,1-3H3,(H,30,34). The summed E-state index contributed by atoms with van der Waals surface area (Å²) >= 11 is 6.02. The summed E-state index contributed by atoms with van der Waals surface area (Å²) in [7, 11) is -4.07. The quantitative estimate of drug-likeness (QED) is 0.378. The molecule has 0 aliphatic rings. The molecule has 0 aromatic heterocycles. The lowest BCUT2D eigenvalue weighted by molar-refractivity contribution is -0.139. The summed E-state index contributed by atoms with van der Waals surface area (Å²) in [4.78, 5) is 28.1. The Bertz CT molecular complexity index is 1300. The molecule has 3 aromatic rings. The van der Waals surface area contributed by atoms with Crippen molar-refractivity contribution in [2.24, 2.45) is 0 Å². The van der Waals surface area contributed by atoms with Gasteiger partial charge in [0, 0.05) is 18.1 Å². The molecular formula is C28H32ClN3O4S. The van der Waals surface area contributed by atoms with Crippen molar-refractivity contribution in [2.75, 3.05) is 17.4 Å². The fourth-order valence-corrected chi connectivity index (χ4v) is 5.29. The SMILES string of the molecule is CCCNC(=O)C(C)N(Cc1ccc(Cl)cc1)C(=O)CN(c1ccc(C)cc1)S(=O)(=O)c1ccccc1. The number of sulfonamides is 1. The summed E-state index contributed by atoms with van der Waals surface area (Å²) in [5, 5.41) is 3.37. The van der Waals surface area contributed by atoms with Crippen molar-refractivity contribution < 1.29 is 18.0 Å². The summed E-state index contributed by atoms with van der Waals surface area (Å²) in [5.41, 5.74) is 2.08. The van der Waals surface area contributed by atoms with Gasteiger partial charge in [-0.2, -0.15) is 0 Å². The van der Waals surface area contributed by atoms with E-state index in [1.807, 2.05) is 13.8 Å². The van der Waals surface area contributed by atoms with Crippen LogP contribution < -0.4 is 9.62 Å². The highest BCUT2D eigenvalue weighted by Gasteiger charge is 2.32. The molecule has 0 spiro atoms. The van der Waals surface area contributed by atoms with Crippen molar-refractivity contribution in [1.82, 2.24) is 10.2 Å². The van der Waals surface area contributed by atoms with Crippen LogP contribution in [-0.4, -0.2) is 44.3 Å². The van der Waals surface area contributed by atoms with E-state index in [-0.39, 0.29) is 17.3 Å². The molecule has 196 valence electrons. The van der Waals surface area contributed by atoms with Crippen molar-refractivity contribution in [3.63, 3.8) is 0 Å². The van der Waals surface area contributed by atoms with Gasteiger partial charge in [-0.15, -0.1) is 0 Å². The average Bonchev–Trinajstić information content (AvgIpc) is 2.90. The lowest BCUT2D eigenvalue weighted by atomic mass is 10.1. The lowest BCUT2D eigenvalue weighted by Crippen LogP contribution is -2.51. The molecule has 3 aromatic carbocycles. The fraction of sp³-hybridized carbons (Fsp3) is 0.286. The number of rotatable bonds is 11. The Morgan fingerprint density at radius 3 is 2.16 bits per heavy atom. The summed E-state index contributed by atoms with van der Waals surface area (Å²) in [5.74, 6) is -0.814. The lowest BCUT2D eigenvalue weighted by Gasteiger charge is -2.32. The van der Waals surface area contributed by atoms with Gasteiger partial charge >= 0.3 is 0 Å². The van der Waals surface area contributed by atoms with Crippen molar-refractivity contribution in [1.29, 1.82) is 0 Å². The summed E-state index contributed by atoms with van der Waals surface area (Å²) < 4.78 is 28.4. The van der Waals surface area contributed by atoms with Gasteiger partial charge in [-0.05, 0) is 62.2 Å². The van der Waals surface area contributed by atoms with Gasteiger partial charge in [-0.1, -0.05) is 66.6 Å². The van der Waals surface area contributed by atoms with Crippen LogP contribution in [0.1, 0.15) is 31.4 Å². The van der Waals surface area contributed by atoms with Crippen molar-refractivity contribution in [3.05, 3.63) is 95.0 Å². The van der Waals surface area contributed by atoms with E-state index in [1.54, 1.807) is 73.7 Å². The summed E-state index contributed by atoms with van der Waals surface area (Å²) in [6, 6.07) is 21.0. The number of hydrogen-bond donors (Lipinski definition) is 1. The molecule has 2 amide bonds. The van der Waals surface area contributed by atoms with Gasteiger partial charge < -0.3 is 10.2 Å². The van der Waals surface area contributed by atoms with E-state index in [0.717, 1.165) is 21.9 Å². The minimum absolute atomic E-state index is 0.0707. The molecule has 0 fully saturated rings. The third-order valence-corrected chi connectivity index (χ3v) is 7.95. The number of nitrogens with zero attached hydrogens (tertiary/aromatic N) is 2. The molecule has 37 heavy (non-hydrogen) atoms. The molecule has 1 unspecified atom stereocenters. The number of nitrogens with one attached hydrogen (secondary N) is 1. The second kappa shape index (κ2) is 12.7. The molecule has 0 bridgehead atoms. The van der Waals surface area contributed by atoms with E-state index in [0.29, 0.717) is 17.3 Å². The Kier molecular flexibility index (Phi) is 9.72. The highest BCUT2D eigenvalue weighted by molar-refractivity contribution is 7.92. The Morgan fingerprint density at radius 2 is 1.57 bits per heavy atom. The molecule has 1 atom stereocenters. The highest BCUT2D eigenvalue weighted by atomic mass is 35.5. The zero-order valence-corrected chi connectivity index (χ0v) is 22.8. The van der Waals surface area contributed by atoms with Crippen molar-refractivity contribution in [2.45, 2.75) is 44.7 Å². The molecular weight excluding hydrogens is 510 g/mol. The van der Waals surface area contributed by atoms with Crippen LogP contribution in [-0.2, 0) is 26.2 Å². The Morgan fingerprint density at radius 1 is 0.946 bits per heavy atom. The largest absolute Gasteiger partial charge is 0.354 e. The van der Waals surface area contributed by atoms with Gasteiger partial charge in [0.15, 0.2) is 0 Å². The molecule has 1 N–H and O–H groups in total. The molecule has 7 nitrogen and oxygen atoms in total. The number of benzene rings is 3. The van der Waals surface area contributed by atoms with Crippen LogP contribution in [0.5, 0.6) is 0 Å². The number of carbonyl (C=O) groups is 2. The van der Waals surface area contributed by atoms with Crippen LogP contribution in [0.4, 0.5) is 5.69 Å². The predicted molar refractivity (Wildman–Crippen MR) is 147 cm³/mol. The maximum atomic E-state index is 13.8. The zero-order valence-electron chi connectivity index (χ0n) is 21.2. The van der Waals surface area contributed by atoms with E-state index < -0.39 is 28.5 Å². The van der Waals surface area contributed by atoms with E-state index in [1.165, 1.54) is 17.0 Å². The maximum absolute atomic E-state index is 13.8. The van der Waals surface area contributed by atoms with Crippen molar-refractivity contribution >= 4 is 39.1 Å². The number of amides is 2. The Labute approximate surface area is 224 Å². The van der Waals surface area contributed by atoms with Gasteiger partial charge in [0.1, 0.15) is 12.6 Å². The first kappa shape index (κ1) is 28.2. The first-order valence-electron chi connectivity index (χ1n) is 12.1. The van der Waals surface area contributed by atoms with Crippen LogP contribution in [0.15, 0.2) is 83.8 Å². The molecule has 0 heterocycles. The van der Waals surface area contributed by atoms with Crippen LogP contribution in [0, 0.1) is 6.92 Å². The molecule has 0 aliphatic carbocycles. The summed E-state index contributed by atoms with van der Waals surface area (Å²) in [6.07, 6.45) is 0.750. The first-order valence-corrected chi connectivity index (χ1v) is 13.9. The van der Waals surface area contributed by atoms with Gasteiger partial charge in [-0.25, -0.2) is 8.42 Å². The number of hydrogen-bond acceptors (Lipinski definition) is 4. The third-order valence-electron chi connectivity index (χ3n) is 5.91. The van der Waals surface area contributed by atoms with E-state index >= 15 is 0 Å². The number of anilines is 1. The molecule has 0 radical (unpaired) electrons. The first-order chi connectivity index (χ1) is 17.6. The second-order valence-corrected chi connectivity index (χ2v) is 11.1. The van der Waals surface area contributed by atoms with Gasteiger partial charge in [0.2, 0.25) is 11.8 Å². The molecule has 3 rings (SSSR count). The molecule has 0 aliphatic heterocycles. The zero-order chi connectivity index (χ0) is 27.0. The highest BCUT2D eigenvalue weighted by Crippen LogP contribution is 2.25. The molecule has 0 saturated carbocycles. The minimum atomic E-state index is -4.07. The Balaban J connectivity index is 1.99. The third kappa shape index (κ3) is 7.33. The maximum Gasteiger partial charge on any atom is 0.264 e. The van der Waals surface area contributed by atoms with Crippen LogP contribution >= 0.6 is 11.6 Å². The Hall–Kier alpha value is -3.36. The van der Waals surface area contributed by atoms with Gasteiger partial charge in [-0.3, -0.25) is 13.9 Å². The van der Waals surface area contributed by atoms with Crippen LogP contribution in [0.2, 0.25) is 5.02 Å². The number of aryl methyl sites for hydroxylation is 1. The average molecular weight is 542 g/mol. The summed E-state index contributed by atoms with van der Waals surface area (Å²) in [6.45, 7) is 5.60. The molecule has 0 saturated heterocycles. The fourth-order valence-electron chi connectivity index (χ4n) is 3.72. The molecule has 9 heteroatoms. The van der Waals surface area contributed by atoms with Gasteiger partial charge in [0.05, 0.1) is 10.6 Å². The monoisotopic (exact) mass is 541 g/mol. The van der Waals surface area contributed by atoms with Crippen LogP contribution in [0.25, 0.3) is 0 Å². The van der Waals surface area contributed by atoms with E-state index in [4.69, 9.17) is 11.6 Å². The smallest absolute Gasteiger partial charge is 0.264 e. The normalized spacial score (nSPS) is 12.0. The van der Waals surface area contributed by atoms with Gasteiger partial charge in [0.25, 0.3) is 10.0 Å². The van der Waals surface area contributed by atoms with E-state index in [9.17, 15) is 18.0 Å². The van der Waals surface area contributed by atoms with E-state index in [2.05, 4.69) is 5.32 Å².